The highest BCUT2D eigenvalue weighted by Crippen LogP contribution is 2.17. The Labute approximate surface area is 134 Å². The molecule has 0 aliphatic rings. The summed E-state index contributed by atoms with van der Waals surface area (Å²) in [4.78, 5) is 11.6. The first-order valence-corrected chi connectivity index (χ1v) is 12.6. The summed E-state index contributed by atoms with van der Waals surface area (Å²) in [6.45, 7) is 7.66. The quantitative estimate of drug-likeness (QED) is 0.791. The van der Waals surface area contributed by atoms with Gasteiger partial charge in [-0.05, 0) is 24.8 Å². The molecule has 0 N–H and O–H groups in total. The van der Waals surface area contributed by atoms with Gasteiger partial charge in [-0.1, -0.05) is 60.7 Å². The molecule has 2 rings (SSSR count). The average Bonchev–Trinajstić information content (AvgIpc) is 2.48. The molecular weight excluding hydrogens is 308 g/mol. The fraction of sp³-hybridized carbons (Fsp3) is 0.235. The number of rotatable bonds is 5. The molecule has 0 bridgehead atoms. The van der Waals surface area contributed by atoms with Crippen LogP contribution in [0.3, 0.4) is 0 Å². The molecule has 1 unspecified atom stereocenters. The molecule has 22 heavy (non-hydrogen) atoms. The lowest BCUT2D eigenvalue weighted by atomic mass is 10.4. The maximum Gasteiger partial charge on any atom is 0.422 e. The van der Waals surface area contributed by atoms with E-state index < -0.39 is 16.9 Å². The zero-order valence-electron chi connectivity index (χ0n) is 13.5. The first kappa shape index (κ1) is 16.7. The molecule has 0 heterocycles. The van der Waals surface area contributed by atoms with E-state index >= 15 is 0 Å². The smallest absolute Gasteiger partial charge is 0.422 e. The van der Waals surface area contributed by atoms with E-state index in [4.69, 9.17) is 8.54 Å². The van der Waals surface area contributed by atoms with Gasteiger partial charge in [-0.15, -0.1) is 0 Å². The maximum atomic E-state index is 11.6. The zero-order valence-corrected chi connectivity index (χ0v) is 15.5. The number of carbonyl (C=O) groups is 1. The number of benzene rings is 2. The second-order valence-corrected chi connectivity index (χ2v) is 13.0. The fourth-order valence-electron chi connectivity index (χ4n) is 2.54. The molecular formula is C17H22O3Si2. The largest absolute Gasteiger partial charge is 0.491 e. The van der Waals surface area contributed by atoms with Gasteiger partial charge in [0.2, 0.25) is 8.32 Å². The molecule has 0 fully saturated rings. The van der Waals surface area contributed by atoms with Crippen molar-refractivity contribution in [1.82, 2.24) is 0 Å². The predicted molar refractivity (Wildman–Crippen MR) is 94.1 cm³/mol. The highest BCUT2D eigenvalue weighted by atomic mass is 28.4. The van der Waals surface area contributed by atoms with Gasteiger partial charge in [0.15, 0.2) is 0 Å². The van der Waals surface area contributed by atoms with Crippen LogP contribution in [0, 0.1) is 0 Å². The summed E-state index contributed by atoms with van der Waals surface area (Å²) in [5, 5.41) is 2.17. The third-order valence-electron chi connectivity index (χ3n) is 3.56. The van der Waals surface area contributed by atoms with Crippen LogP contribution in [0.25, 0.3) is 0 Å². The van der Waals surface area contributed by atoms with Crippen molar-refractivity contribution in [3.63, 3.8) is 0 Å². The number of hydrogen-bond acceptors (Lipinski definition) is 3. The average molecular weight is 331 g/mol. The van der Waals surface area contributed by atoms with Crippen LogP contribution in [0.5, 0.6) is 0 Å². The Morgan fingerprint density at radius 3 is 1.73 bits per heavy atom. The van der Waals surface area contributed by atoms with Gasteiger partial charge in [-0.3, -0.25) is 4.79 Å². The van der Waals surface area contributed by atoms with E-state index in [0.717, 1.165) is 5.19 Å². The number of hydrogen-bond donors (Lipinski definition) is 0. The SMILES string of the molecule is CC(=O)O[Si](C)(O[Si](C)(C)c1ccccc1)c1ccccc1. The van der Waals surface area contributed by atoms with Crippen LogP contribution in [0.2, 0.25) is 19.6 Å². The van der Waals surface area contributed by atoms with Crippen LogP contribution in [0.15, 0.2) is 60.7 Å². The third kappa shape index (κ3) is 3.94. The van der Waals surface area contributed by atoms with Crippen LogP contribution in [0.1, 0.15) is 6.92 Å². The van der Waals surface area contributed by atoms with Crippen molar-refractivity contribution in [1.29, 1.82) is 0 Å². The van der Waals surface area contributed by atoms with Crippen molar-refractivity contribution >= 4 is 33.2 Å². The Bertz CT molecular complexity index is 629. The topological polar surface area (TPSA) is 35.5 Å². The summed E-state index contributed by atoms with van der Waals surface area (Å²) in [6, 6.07) is 20.0. The Morgan fingerprint density at radius 1 is 0.818 bits per heavy atom. The summed E-state index contributed by atoms with van der Waals surface area (Å²) in [6.07, 6.45) is 0. The normalized spacial score (nSPS) is 14.2. The first-order valence-electron chi connectivity index (χ1n) is 7.34. The Hall–Kier alpha value is -1.70. The summed E-state index contributed by atoms with van der Waals surface area (Å²) in [7, 11) is -4.97. The lowest BCUT2D eigenvalue weighted by Gasteiger charge is -2.35. The molecule has 2 aromatic rings. The Balaban J connectivity index is 2.37. The van der Waals surface area contributed by atoms with E-state index in [9.17, 15) is 4.79 Å². The molecule has 1 atom stereocenters. The molecule has 3 nitrogen and oxygen atoms in total. The molecule has 0 aromatic heterocycles. The van der Waals surface area contributed by atoms with Gasteiger partial charge < -0.3 is 8.54 Å². The van der Waals surface area contributed by atoms with E-state index in [1.807, 2.05) is 55.1 Å². The minimum atomic E-state index is -2.79. The van der Waals surface area contributed by atoms with Crippen LogP contribution in [0.4, 0.5) is 0 Å². The molecule has 0 saturated carbocycles. The molecule has 0 spiro atoms. The molecule has 0 amide bonds. The lowest BCUT2D eigenvalue weighted by molar-refractivity contribution is -0.133. The van der Waals surface area contributed by atoms with Crippen molar-refractivity contribution in [2.24, 2.45) is 0 Å². The Kier molecular flexibility index (Phi) is 5.00. The fourth-order valence-corrected chi connectivity index (χ4v) is 10.0. The summed E-state index contributed by atoms with van der Waals surface area (Å²) in [5.41, 5.74) is 0. The standard InChI is InChI=1S/C17H22O3Si2/c1-15(18)19-22(4,17-13-9-6-10-14-17)20-21(2,3)16-11-7-5-8-12-16/h5-14H,1-4H3. The van der Waals surface area contributed by atoms with Crippen molar-refractivity contribution in [3.8, 4) is 0 Å². The van der Waals surface area contributed by atoms with E-state index in [-0.39, 0.29) is 5.97 Å². The van der Waals surface area contributed by atoms with Crippen LogP contribution < -0.4 is 10.4 Å². The van der Waals surface area contributed by atoms with Crippen molar-refractivity contribution in [3.05, 3.63) is 60.7 Å². The van der Waals surface area contributed by atoms with Gasteiger partial charge in [-0.25, -0.2) is 0 Å². The lowest BCUT2D eigenvalue weighted by Crippen LogP contribution is -2.61. The molecule has 5 heteroatoms. The van der Waals surface area contributed by atoms with Gasteiger partial charge in [0, 0.05) is 12.1 Å². The van der Waals surface area contributed by atoms with Gasteiger partial charge in [0.25, 0.3) is 5.97 Å². The van der Waals surface area contributed by atoms with E-state index in [1.54, 1.807) is 0 Å². The minimum Gasteiger partial charge on any atom is -0.491 e. The molecule has 0 aliphatic heterocycles. The highest BCUT2D eigenvalue weighted by Gasteiger charge is 2.43. The maximum absolute atomic E-state index is 11.6. The molecule has 0 radical (unpaired) electrons. The van der Waals surface area contributed by atoms with Gasteiger partial charge >= 0.3 is 8.56 Å². The van der Waals surface area contributed by atoms with Crippen molar-refractivity contribution < 1.29 is 13.3 Å². The molecule has 116 valence electrons. The van der Waals surface area contributed by atoms with Crippen molar-refractivity contribution in [2.45, 2.75) is 26.6 Å². The van der Waals surface area contributed by atoms with E-state index in [0.29, 0.717) is 0 Å². The summed E-state index contributed by atoms with van der Waals surface area (Å²) >= 11 is 0. The summed E-state index contributed by atoms with van der Waals surface area (Å²) in [5.74, 6) is -0.295. The number of carbonyl (C=O) groups excluding carboxylic acids is 1. The monoisotopic (exact) mass is 330 g/mol. The van der Waals surface area contributed by atoms with Crippen molar-refractivity contribution in [2.75, 3.05) is 0 Å². The van der Waals surface area contributed by atoms with Gasteiger partial charge in [-0.2, -0.15) is 0 Å². The molecule has 0 saturated heterocycles. The molecule has 2 aromatic carbocycles. The first-order chi connectivity index (χ1) is 10.3. The third-order valence-corrected chi connectivity index (χ3v) is 10.9. The predicted octanol–water partition coefficient (Wildman–Crippen LogP) is 2.66. The second-order valence-electron chi connectivity index (χ2n) is 5.88. The van der Waals surface area contributed by atoms with Gasteiger partial charge in [0.1, 0.15) is 0 Å². The van der Waals surface area contributed by atoms with Crippen LogP contribution in [-0.2, 0) is 13.3 Å². The van der Waals surface area contributed by atoms with E-state index in [1.165, 1.54) is 12.1 Å². The van der Waals surface area contributed by atoms with Crippen LogP contribution >= 0.6 is 0 Å². The van der Waals surface area contributed by atoms with Crippen LogP contribution in [-0.4, -0.2) is 22.8 Å². The zero-order chi connectivity index (χ0) is 16.2. The van der Waals surface area contributed by atoms with Gasteiger partial charge in [0.05, 0.1) is 0 Å². The Morgan fingerprint density at radius 2 is 1.27 bits per heavy atom. The highest BCUT2D eigenvalue weighted by molar-refractivity contribution is 6.95. The second kappa shape index (κ2) is 6.60. The minimum absolute atomic E-state index is 0.295. The molecule has 0 aliphatic carbocycles. The van der Waals surface area contributed by atoms with E-state index in [2.05, 4.69) is 25.2 Å². The summed E-state index contributed by atoms with van der Waals surface area (Å²) < 4.78 is 12.2.